The van der Waals surface area contributed by atoms with E-state index in [9.17, 15) is 0 Å². The van der Waals surface area contributed by atoms with Crippen LogP contribution in [-0.4, -0.2) is 24.1 Å². The molecule has 2 fully saturated rings. The van der Waals surface area contributed by atoms with Gasteiger partial charge in [0.25, 0.3) is 0 Å². The van der Waals surface area contributed by atoms with E-state index >= 15 is 0 Å². The zero-order valence-corrected chi connectivity index (χ0v) is 11.9. The predicted octanol–water partition coefficient (Wildman–Crippen LogP) is 3.67. The summed E-state index contributed by atoms with van der Waals surface area (Å²) in [6.45, 7) is 4.43. The monoisotopic (exact) mass is 259 g/mol. The first kappa shape index (κ1) is 12.8. The Morgan fingerprint density at radius 1 is 1.26 bits per heavy atom. The fraction of sp³-hybridized carbons (Fsp3) is 0.688. The van der Waals surface area contributed by atoms with E-state index in [1.165, 1.54) is 50.0 Å². The van der Waals surface area contributed by atoms with E-state index in [-0.39, 0.29) is 0 Å². The second-order valence-corrected chi connectivity index (χ2v) is 5.95. The lowest BCUT2D eigenvalue weighted by molar-refractivity contribution is 0.342. The van der Waals surface area contributed by atoms with E-state index in [1.54, 1.807) is 0 Å². The number of nitrogens with zero attached hydrogens (tertiary/aromatic N) is 2. The van der Waals surface area contributed by atoms with Crippen molar-refractivity contribution in [3.05, 3.63) is 18.5 Å². The molecule has 3 rings (SSSR count). The third kappa shape index (κ3) is 2.70. The zero-order chi connectivity index (χ0) is 13.1. The van der Waals surface area contributed by atoms with E-state index in [2.05, 4.69) is 28.2 Å². The van der Waals surface area contributed by atoms with Crippen molar-refractivity contribution in [2.24, 2.45) is 5.92 Å². The summed E-state index contributed by atoms with van der Waals surface area (Å²) in [6, 6.07) is 3.05. The first-order valence-electron chi connectivity index (χ1n) is 7.84. The minimum absolute atomic E-state index is 0.775. The maximum atomic E-state index is 4.42. The summed E-state index contributed by atoms with van der Waals surface area (Å²) in [5.41, 5.74) is 2.48. The molecule has 2 unspecified atom stereocenters. The second kappa shape index (κ2) is 5.81. The van der Waals surface area contributed by atoms with Crippen LogP contribution in [0.3, 0.4) is 0 Å². The van der Waals surface area contributed by atoms with Gasteiger partial charge in [-0.05, 0) is 37.7 Å². The largest absolute Gasteiger partial charge is 0.384 e. The molecule has 1 aromatic rings. The molecule has 104 valence electrons. The van der Waals surface area contributed by atoms with Gasteiger partial charge in [0.2, 0.25) is 0 Å². The van der Waals surface area contributed by atoms with Crippen molar-refractivity contribution >= 4 is 11.4 Å². The topological polar surface area (TPSA) is 28.2 Å². The fourth-order valence-corrected chi connectivity index (χ4v) is 3.68. The molecule has 1 saturated carbocycles. The molecule has 0 aromatic carbocycles. The van der Waals surface area contributed by atoms with Crippen LogP contribution in [0.2, 0.25) is 0 Å². The number of rotatable bonds is 4. The van der Waals surface area contributed by atoms with Crippen LogP contribution in [0.25, 0.3) is 0 Å². The molecule has 2 heterocycles. The number of pyridine rings is 1. The maximum Gasteiger partial charge on any atom is 0.0576 e. The lowest BCUT2D eigenvalue weighted by Crippen LogP contribution is -2.34. The molecule has 1 N–H and O–H groups in total. The molecule has 3 heteroatoms. The molecule has 0 spiro atoms. The third-order valence-corrected chi connectivity index (χ3v) is 4.64. The minimum atomic E-state index is 0.775. The van der Waals surface area contributed by atoms with E-state index in [4.69, 9.17) is 0 Å². The van der Waals surface area contributed by atoms with Crippen LogP contribution in [0.15, 0.2) is 18.5 Å². The van der Waals surface area contributed by atoms with Gasteiger partial charge in [-0.1, -0.05) is 19.8 Å². The lowest BCUT2D eigenvalue weighted by Gasteiger charge is -2.33. The molecule has 0 radical (unpaired) electrons. The Morgan fingerprint density at radius 3 is 3.05 bits per heavy atom. The van der Waals surface area contributed by atoms with Crippen molar-refractivity contribution in [2.45, 2.75) is 51.5 Å². The summed E-state index contributed by atoms with van der Waals surface area (Å²) >= 11 is 0. The molecule has 1 saturated heterocycles. The summed E-state index contributed by atoms with van der Waals surface area (Å²) in [7, 11) is 0. The lowest BCUT2D eigenvalue weighted by atomic mass is 9.85. The van der Waals surface area contributed by atoms with Crippen molar-refractivity contribution in [3.63, 3.8) is 0 Å². The fourth-order valence-electron chi connectivity index (χ4n) is 3.68. The normalized spacial score (nSPS) is 26.3. The number of anilines is 2. The molecular weight excluding hydrogens is 234 g/mol. The van der Waals surface area contributed by atoms with E-state index in [0.29, 0.717) is 0 Å². The zero-order valence-electron chi connectivity index (χ0n) is 11.9. The van der Waals surface area contributed by atoms with Gasteiger partial charge in [0.05, 0.1) is 23.8 Å². The van der Waals surface area contributed by atoms with Gasteiger partial charge in [-0.15, -0.1) is 0 Å². The third-order valence-electron chi connectivity index (χ3n) is 4.64. The first-order chi connectivity index (χ1) is 9.38. The van der Waals surface area contributed by atoms with Crippen molar-refractivity contribution in [3.8, 4) is 0 Å². The number of aromatic nitrogens is 1. The smallest absolute Gasteiger partial charge is 0.0576 e. The molecule has 0 bridgehead atoms. The maximum absolute atomic E-state index is 4.42. The second-order valence-electron chi connectivity index (χ2n) is 5.95. The van der Waals surface area contributed by atoms with Crippen LogP contribution in [0, 0.1) is 5.92 Å². The molecule has 1 aromatic heterocycles. The molecule has 19 heavy (non-hydrogen) atoms. The van der Waals surface area contributed by atoms with Gasteiger partial charge in [-0.2, -0.15) is 0 Å². The van der Waals surface area contributed by atoms with Gasteiger partial charge < -0.3 is 10.2 Å². The van der Waals surface area contributed by atoms with Crippen LogP contribution in [0.4, 0.5) is 11.4 Å². The van der Waals surface area contributed by atoms with Crippen LogP contribution in [0.5, 0.6) is 0 Å². The van der Waals surface area contributed by atoms with E-state index in [1.807, 2.05) is 12.4 Å². The van der Waals surface area contributed by atoms with Gasteiger partial charge in [0.15, 0.2) is 0 Å². The standard InChI is InChI=1S/C16H25N3/c1-2-8-18-14-10-15(12-17-11-14)19-9-7-13-5-3-4-6-16(13)19/h10-13,16,18H,2-9H2,1H3. The predicted molar refractivity (Wildman–Crippen MR) is 80.7 cm³/mol. The van der Waals surface area contributed by atoms with Crippen LogP contribution < -0.4 is 10.2 Å². The minimum Gasteiger partial charge on any atom is -0.384 e. The van der Waals surface area contributed by atoms with Crippen LogP contribution >= 0.6 is 0 Å². The highest BCUT2D eigenvalue weighted by Gasteiger charge is 2.35. The summed E-state index contributed by atoms with van der Waals surface area (Å²) in [5.74, 6) is 0.931. The van der Waals surface area contributed by atoms with Crippen molar-refractivity contribution < 1.29 is 0 Å². The molecule has 2 aliphatic rings. The Bertz CT molecular complexity index is 418. The summed E-state index contributed by atoms with van der Waals surface area (Å²) in [5, 5.41) is 3.44. The van der Waals surface area contributed by atoms with Gasteiger partial charge in [-0.3, -0.25) is 4.98 Å². The highest BCUT2D eigenvalue weighted by atomic mass is 15.2. The Hall–Kier alpha value is -1.25. The average molecular weight is 259 g/mol. The van der Waals surface area contributed by atoms with Crippen molar-refractivity contribution in [1.29, 1.82) is 0 Å². The quantitative estimate of drug-likeness (QED) is 0.894. The van der Waals surface area contributed by atoms with Crippen LogP contribution in [0.1, 0.15) is 45.4 Å². The SMILES string of the molecule is CCCNc1cncc(N2CCC3CCCCC32)c1. The van der Waals surface area contributed by atoms with Gasteiger partial charge in [0.1, 0.15) is 0 Å². The Kier molecular flexibility index (Phi) is 3.90. The highest BCUT2D eigenvalue weighted by Crippen LogP contribution is 2.38. The summed E-state index contributed by atoms with van der Waals surface area (Å²) in [4.78, 5) is 7.02. The van der Waals surface area contributed by atoms with E-state index < -0.39 is 0 Å². The molecule has 1 aliphatic heterocycles. The summed E-state index contributed by atoms with van der Waals surface area (Å²) < 4.78 is 0. The Balaban J connectivity index is 1.74. The van der Waals surface area contributed by atoms with Crippen LogP contribution in [-0.2, 0) is 0 Å². The first-order valence-corrected chi connectivity index (χ1v) is 7.84. The number of hydrogen-bond donors (Lipinski definition) is 1. The Morgan fingerprint density at radius 2 is 2.16 bits per heavy atom. The average Bonchev–Trinajstić information content (AvgIpc) is 2.89. The number of nitrogens with one attached hydrogen (secondary N) is 1. The number of fused-ring (bicyclic) bond motifs is 1. The van der Waals surface area contributed by atoms with Crippen molar-refractivity contribution in [2.75, 3.05) is 23.3 Å². The van der Waals surface area contributed by atoms with Crippen molar-refractivity contribution in [1.82, 2.24) is 4.98 Å². The van der Waals surface area contributed by atoms with Gasteiger partial charge in [0, 0.05) is 19.1 Å². The molecule has 0 amide bonds. The summed E-state index contributed by atoms with van der Waals surface area (Å²) in [6.07, 6.45) is 12.1. The van der Waals surface area contributed by atoms with Gasteiger partial charge in [-0.25, -0.2) is 0 Å². The molecule has 2 atom stereocenters. The number of hydrogen-bond acceptors (Lipinski definition) is 3. The molecule has 1 aliphatic carbocycles. The van der Waals surface area contributed by atoms with Gasteiger partial charge >= 0.3 is 0 Å². The molecule has 3 nitrogen and oxygen atoms in total. The Labute approximate surface area is 116 Å². The molecular formula is C16H25N3. The van der Waals surface area contributed by atoms with E-state index in [0.717, 1.165) is 24.9 Å². The highest BCUT2D eigenvalue weighted by molar-refractivity contribution is 5.56.